The maximum absolute atomic E-state index is 12.8. The molecule has 6 nitrogen and oxygen atoms in total. The first kappa shape index (κ1) is 23.1. The average Bonchev–Trinajstić information content (AvgIpc) is 2.78. The van der Waals surface area contributed by atoms with Gasteiger partial charge in [0.05, 0.1) is 4.90 Å². The topological polar surface area (TPSA) is 110 Å². The van der Waals surface area contributed by atoms with Crippen LogP contribution in [0.25, 0.3) is 11.1 Å². The van der Waals surface area contributed by atoms with Crippen molar-refractivity contribution in [3.63, 3.8) is 0 Å². The number of nitrogens with zero attached hydrogens (tertiary/aromatic N) is 3. The maximum atomic E-state index is 12.8. The van der Waals surface area contributed by atoms with E-state index in [1.165, 1.54) is 0 Å². The summed E-state index contributed by atoms with van der Waals surface area (Å²) in [4.78, 5) is 8.80. The summed E-state index contributed by atoms with van der Waals surface area (Å²) in [6.07, 6.45) is 7.37. The van der Waals surface area contributed by atoms with Crippen LogP contribution in [0.1, 0.15) is 18.4 Å². The van der Waals surface area contributed by atoms with Gasteiger partial charge in [0.25, 0.3) is 0 Å². The van der Waals surface area contributed by atoms with Crippen LogP contribution in [-0.2, 0) is 17.4 Å². The summed E-state index contributed by atoms with van der Waals surface area (Å²) in [6.45, 7) is 0.563. The molecule has 0 amide bonds. The summed E-state index contributed by atoms with van der Waals surface area (Å²) >= 11 is 0. The molecule has 1 atom stereocenters. The summed E-state index contributed by atoms with van der Waals surface area (Å²) in [5.41, 5.74) is 3.83. The highest BCUT2D eigenvalue weighted by atomic mass is 32.2. The highest BCUT2D eigenvalue weighted by Gasteiger charge is 2.11. The quantitative estimate of drug-likeness (QED) is 0.325. The molecule has 154 valence electrons. The Morgan fingerprint density at radius 3 is 2.57 bits per heavy atom. The Morgan fingerprint density at radius 2 is 1.83 bits per heavy atom. The molecule has 3 rings (SSSR count). The van der Waals surface area contributed by atoms with Crippen LogP contribution >= 0.6 is 0 Å². The second-order valence-corrected chi connectivity index (χ2v) is 7.71. The molecule has 0 aliphatic heterocycles. The van der Waals surface area contributed by atoms with Crippen LogP contribution in [0.3, 0.4) is 0 Å². The standard InChI is InChI=1S/C23H22N4OS.H2O/c24-18-26-21(16-19-8-6-14-25-17-19)11-7-15-27-29(28)23-13-5-4-12-22(23)20-9-2-1-3-10-20;/h1-6,8-10,12-14,17,27H,7,11,15-16H2;1H2. The van der Waals surface area contributed by atoms with Gasteiger partial charge in [-0.05, 0) is 41.7 Å². The summed E-state index contributed by atoms with van der Waals surface area (Å²) in [5, 5.41) is 8.93. The number of nitrogens with one attached hydrogen (secondary N) is 1. The third-order valence-electron chi connectivity index (χ3n) is 4.39. The van der Waals surface area contributed by atoms with E-state index >= 15 is 0 Å². The van der Waals surface area contributed by atoms with Crippen LogP contribution in [0, 0.1) is 11.5 Å². The Bertz CT molecular complexity index is 1020. The Hall–Kier alpha value is -3.18. The Balaban J connectivity index is 0.00000320. The van der Waals surface area contributed by atoms with E-state index < -0.39 is 11.0 Å². The second kappa shape index (κ2) is 12.4. The fraction of sp³-hybridized carbons (Fsp3) is 0.174. The van der Waals surface area contributed by atoms with Crippen molar-refractivity contribution in [2.45, 2.75) is 24.2 Å². The fourth-order valence-corrected chi connectivity index (χ4v) is 4.09. The first-order valence-corrected chi connectivity index (χ1v) is 10.6. The van der Waals surface area contributed by atoms with Crippen molar-refractivity contribution in [3.8, 4) is 17.3 Å². The van der Waals surface area contributed by atoms with Crippen molar-refractivity contribution in [3.05, 3.63) is 84.7 Å². The van der Waals surface area contributed by atoms with Crippen molar-refractivity contribution in [1.82, 2.24) is 9.71 Å². The van der Waals surface area contributed by atoms with Gasteiger partial charge in [-0.15, -0.1) is 0 Å². The number of pyridine rings is 1. The van der Waals surface area contributed by atoms with E-state index in [9.17, 15) is 4.21 Å². The van der Waals surface area contributed by atoms with Gasteiger partial charge < -0.3 is 5.48 Å². The summed E-state index contributed by atoms with van der Waals surface area (Å²) in [6, 6.07) is 21.5. The smallest absolute Gasteiger partial charge is 0.205 e. The van der Waals surface area contributed by atoms with Crippen LogP contribution in [0.5, 0.6) is 0 Å². The second-order valence-electron chi connectivity index (χ2n) is 6.44. The number of nitriles is 1. The molecule has 0 saturated carbocycles. The van der Waals surface area contributed by atoms with Gasteiger partial charge in [-0.1, -0.05) is 54.6 Å². The minimum Gasteiger partial charge on any atom is -0.412 e. The third-order valence-corrected chi connectivity index (χ3v) is 5.61. The predicted octanol–water partition coefficient (Wildman–Crippen LogP) is 3.48. The van der Waals surface area contributed by atoms with Gasteiger partial charge in [-0.25, -0.2) is 8.93 Å². The molecule has 0 saturated heterocycles. The zero-order valence-electron chi connectivity index (χ0n) is 16.5. The Morgan fingerprint density at radius 1 is 1.07 bits per heavy atom. The van der Waals surface area contributed by atoms with Crippen LogP contribution in [0.15, 0.2) is 89.0 Å². The van der Waals surface area contributed by atoms with Crippen molar-refractivity contribution < 1.29 is 9.69 Å². The van der Waals surface area contributed by atoms with E-state index in [0.29, 0.717) is 19.4 Å². The number of benzene rings is 2. The van der Waals surface area contributed by atoms with E-state index in [0.717, 1.165) is 33.7 Å². The van der Waals surface area contributed by atoms with Gasteiger partial charge in [-0.3, -0.25) is 4.98 Å². The predicted molar refractivity (Wildman–Crippen MR) is 120 cm³/mol. The number of aromatic nitrogens is 1. The molecule has 0 spiro atoms. The normalized spacial score (nSPS) is 11.9. The van der Waals surface area contributed by atoms with Crippen molar-refractivity contribution in [1.29, 1.82) is 5.26 Å². The third kappa shape index (κ3) is 6.71. The van der Waals surface area contributed by atoms with E-state index in [4.69, 9.17) is 5.26 Å². The van der Waals surface area contributed by atoms with Crippen LogP contribution in [0.4, 0.5) is 0 Å². The van der Waals surface area contributed by atoms with E-state index in [1.54, 1.807) is 12.4 Å². The molecule has 0 aliphatic rings. The van der Waals surface area contributed by atoms with Gasteiger partial charge >= 0.3 is 0 Å². The maximum Gasteiger partial charge on any atom is 0.205 e. The highest BCUT2D eigenvalue weighted by Crippen LogP contribution is 2.25. The first-order valence-electron chi connectivity index (χ1n) is 9.41. The van der Waals surface area contributed by atoms with Crippen LogP contribution in [0.2, 0.25) is 0 Å². The lowest BCUT2D eigenvalue weighted by atomic mass is 10.1. The molecule has 0 fully saturated rings. The van der Waals surface area contributed by atoms with Crippen molar-refractivity contribution in [2.75, 3.05) is 6.54 Å². The lowest BCUT2D eigenvalue weighted by molar-refractivity contribution is 0.669. The lowest BCUT2D eigenvalue weighted by Gasteiger charge is -2.11. The molecule has 0 aliphatic carbocycles. The molecule has 1 heterocycles. The highest BCUT2D eigenvalue weighted by molar-refractivity contribution is 7.83. The number of aliphatic imine (C=N–C) groups is 1. The van der Waals surface area contributed by atoms with Gasteiger partial charge in [0.1, 0.15) is 11.0 Å². The SMILES string of the molecule is N#CN=C(CCCNS(=O)c1ccccc1-c1ccccc1)Cc1cccnc1.O. The minimum atomic E-state index is -1.32. The van der Waals surface area contributed by atoms with Gasteiger partial charge in [0.2, 0.25) is 6.19 Å². The number of rotatable bonds is 9. The Labute approximate surface area is 179 Å². The zero-order chi connectivity index (χ0) is 20.3. The van der Waals surface area contributed by atoms with Gasteiger partial charge in [0.15, 0.2) is 0 Å². The lowest BCUT2D eigenvalue weighted by Crippen LogP contribution is -2.20. The molecule has 0 bridgehead atoms. The molecule has 1 aromatic heterocycles. The summed E-state index contributed by atoms with van der Waals surface area (Å²) in [5.74, 6) is 0. The van der Waals surface area contributed by atoms with Gasteiger partial charge in [-0.2, -0.15) is 10.3 Å². The van der Waals surface area contributed by atoms with Crippen molar-refractivity contribution >= 4 is 16.7 Å². The summed E-state index contributed by atoms with van der Waals surface area (Å²) < 4.78 is 15.9. The molecular formula is C23H24N4O2S. The van der Waals surface area contributed by atoms with E-state index in [-0.39, 0.29) is 5.48 Å². The molecular weight excluding hydrogens is 396 g/mol. The largest absolute Gasteiger partial charge is 0.412 e. The number of hydrogen-bond acceptors (Lipinski definition) is 4. The fourth-order valence-electron chi connectivity index (χ4n) is 3.01. The van der Waals surface area contributed by atoms with Gasteiger partial charge in [0, 0.05) is 31.1 Å². The molecule has 3 aromatic rings. The van der Waals surface area contributed by atoms with E-state index in [2.05, 4.69) is 14.7 Å². The Kier molecular flexibility index (Phi) is 9.55. The monoisotopic (exact) mass is 420 g/mol. The summed E-state index contributed by atoms with van der Waals surface area (Å²) in [7, 11) is -1.32. The number of hydrogen-bond donors (Lipinski definition) is 1. The van der Waals surface area contributed by atoms with Crippen molar-refractivity contribution in [2.24, 2.45) is 4.99 Å². The van der Waals surface area contributed by atoms with E-state index in [1.807, 2.05) is 72.9 Å². The molecule has 7 heteroatoms. The zero-order valence-corrected chi connectivity index (χ0v) is 17.3. The molecule has 2 aromatic carbocycles. The first-order chi connectivity index (χ1) is 14.3. The molecule has 1 unspecified atom stereocenters. The van der Waals surface area contributed by atoms with Crippen LogP contribution in [-0.4, -0.2) is 26.9 Å². The molecule has 3 N–H and O–H groups in total. The molecule has 0 radical (unpaired) electrons. The minimum absolute atomic E-state index is 0. The van der Waals surface area contributed by atoms with Crippen LogP contribution < -0.4 is 4.72 Å². The average molecular weight is 421 g/mol. The molecule has 30 heavy (non-hydrogen) atoms.